The molecule has 0 rings (SSSR count). The van der Waals surface area contributed by atoms with Crippen molar-refractivity contribution >= 4 is 35.5 Å². The maximum absolute atomic E-state index is 12.9. The summed E-state index contributed by atoms with van der Waals surface area (Å²) in [6.07, 6.45) is -0.0621. The second-order valence-corrected chi connectivity index (χ2v) is 8.41. The molecule has 0 saturated heterocycles. The number of carbonyl (C=O) groups is 6. The molecule has 5 amide bonds. The van der Waals surface area contributed by atoms with Crippen LogP contribution in [0.3, 0.4) is 0 Å². The minimum Gasteiger partial charge on any atom is -0.480 e. The van der Waals surface area contributed by atoms with Gasteiger partial charge in [0, 0.05) is 6.42 Å². The second-order valence-electron chi connectivity index (χ2n) is 8.41. The number of nitrogens with one attached hydrogen (secondary N) is 4. The molecule has 9 N–H and O–H groups in total. The lowest BCUT2D eigenvalue weighted by Gasteiger charge is -2.28. The first-order valence-corrected chi connectivity index (χ1v) is 10.6. The zero-order valence-corrected chi connectivity index (χ0v) is 19.6. The first-order valence-electron chi connectivity index (χ1n) is 10.6. The molecule has 0 spiro atoms. The van der Waals surface area contributed by atoms with Crippen LogP contribution >= 0.6 is 0 Å². The maximum Gasteiger partial charge on any atom is 0.322 e. The molecule has 13 heteroatoms. The van der Waals surface area contributed by atoms with E-state index in [4.69, 9.17) is 16.6 Å². The largest absolute Gasteiger partial charge is 0.480 e. The van der Waals surface area contributed by atoms with Gasteiger partial charge in [-0.1, -0.05) is 27.7 Å². The summed E-state index contributed by atoms with van der Waals surface area (Å²) >= 11 is 0. The summed E-state index contributed by atoms with van der Waals surface area (Å²) in [7, 11) is 0. The first-order chi connectivity index (χ1) is 15.2. The Bertz CT molecular complexity index is 740. The highest BCUT2D eigenvalue weighted by Crippen LogP contribution is 2.08. The zero-order valence-electron chi connectivity index (χ0n) is 19.6. The third-order valence-electron chi connectivity index (χ3n) is 4.70. The Labute approximate surface area is 192 Å². The van der Waals surface area contributed by atoms with Gasteiger partial charge in [-0.25, -0.2) is 0 Å². The molecule has 0 bridgehead atoms. The highest BCUT2D eigenvalue weighted by Gasteiger charge is 2.32. The topological polar surface area (TPSA) is 223 Å². The summed E-state index contributed by atoms with van der Waals surface area (Å²) in [4.78, 5) is 71.2. The van der Waals surface area contributed by atoms with Crippen LogP contribution in [0.4, 0.5) is 0 Å². The number of primary amides is 1. The van der Waals surface area contributed by atoms with Crippen molar-refractivity contribution < 1.29 is 33.9 Å². The Hall–Kier alpha value is -3.22. The molecule has 0 aliphatic carbocycles. The van der Waals surface area contributed by atoms with Gasteiger partial charge in [-0.3, -0.25) is 28.8 Å². The summed E-state index contributed by atoms with van der Waals surface area (Å²) < 4.78 is 0. The number of nitrogens with two attached hydrogens (primary N) is 2. The second kappa shape index (κ2) is 14.0. The molecular weight excluding hydrogens is 436 g/mol. The van der Waals surface area contributed by atoms with Crippen LogP contribution < -0.4 is 32.7 Å². The highest BCUT2D eigenvalue weighted by molar-refractivity contribution is 5.95. The number of carboxylic acid groups (broad SMARTS) is 1. The molecule has 0 radical (unpaired) electrons. The highest BCUT2D eigenvalue weighted by atomic mass is 16.4. The molecule has 0 fully saturated rings. The molecule has 0 aromatic rings. The average molecular weight is 473 g/mol. The van der Waals surface area contributed by atoms with E-state index < -0.39 is 66.2 Å². The van der Waals surface area contributed by atoms with Gasteiger partial charge in [0.05, 0.1) is 6.04 Å². The fraction of sp³-hybridized carbons (Fsp3) is 0.700. The van der Waals surface area contributed by atoms with E-state index in [2.05, 4.69) is 21.3 Å². The van der Waals surface area contributed by atoms with Gasteiger partial charge < -0.3 is 37.8 Å². The smallest absolute Gasteiger partial charge is 0.322 e. The molecule has 0 saturated carbocycles. The van der Waals surface area contributed by atoms with Gasteiger partial charge in [-0.05, 0) is 25.2 Å². The van der Waals surface area contributed by atoms with Gasteiger partial charge in [0.15, 0.2) is 0 Å². The third-order valence-corrected chi connectivity index (χ3v) is 4.70. The minimum atomic E-state index is -1.23. The van der Waals surface area contributed by atoms with Crippen molar-refractivity contribution in [1.29, 1.82) is 0 Å². The number of hydrogen-bond acceptors (Lipinski definition) is 7. The lowest BCUT2D eigenvalue weighted by atomic mass is 9.99. The number of aliphatic carboxylic acids is 1. The monoisotopic (exact) mass is 472 g/mol. The average Bonchev–Trinajstić information content (AvgIpc) is 2.70. The summed E-state index contributed by atoms with van der Waals surface area (Å²) in [5.41, 5.74) is 10.8. The van der Waals surface area contributed by atoms with Crippen molar-refractivity contribution in [2.75, 3.05) is 6.54 Å². The normalized spacial score (nSPS) is 14.5. The van der Waals surface area contributed by atoms with Crippen LogP contribution in [-0.4, -0.2) is 71.3 Å². The summed E-state index contributed by atoms with van der Waals surface area (Å²) in [6, 6.07) is -4.13. The van der Waals surface area contributed by atoms with Gasteiger partial charge in [-0.15, -0.1) is 0 Å². The van der Waals surface area contributed by atoms with Crippen LogP contribution in [0.2, 0.25) is 0 Å². The van der Waals surface area contributed by atoms with Crippen molar-refractivity contribution in [3.05, 3.63) is 0 Å². The van der Waals surface area contributed by atoms with Crippen molar-refractivity contribution in [1.82, 2.24) is 21.3 Å². The Kier molecular flexibility index (Phi) is 12.7. The molecule has 0 aliphatic heterocycles. The van der Waals surface area contributed by atoms with E-state index in [0.29, 0.717) is 0 Å². The van der Waals surface area contributed by atoms with E-state index in [1.165, 1.54) is 6.92 Å². The van der Waals surface area contributed by atoms with Crippen LogP contribution in [0.5, 0.6) is 0 Å². The molecule has 0 aromatic heterocycles. The van der Waals surface area contributed by atoms with Gasteiger partial charge in [-0.2, -0.15) is 0 Å². The van der Waals surface area contributed by atoms with E-state index in [-0.39, 0.29) is 24.7 Å². The predicted octanol–water partition coefficient (Wildman–Crippen LogP) is -2.43. The van der Waals surface area contributed by atoms with Crippen LogP contribution in [0.1, 0.15) is 47.5 Å². The summed E-state index contributed by atoms with van der Waals surface area (Å²) in [5.74, 6) is -5.17. The zero-order chi connectivity index (χ0) is 25.9. The molecule has 0 heterocycles. The number of carbonyl (C=O) groups excluding carboxylic acids is 5. The van der Waals surface area contributed by atoms with E-state index in [0.717, 1.165) is 0 Å². The third kappa shape index (κ3) is 11.3. The molecule has 0 aromatic carbocycles. The van der Waals surface area contributed by atoms with E-state index >= 15 is 0 Å². The number of carboxylic acids is 1. The van der Waals surface area contributed by atoms with E-state index in [1.54, 1.807) is 27.7 Å². The van der Waals surface area contributed by atoms with Crippen molar-refractivity contribution in [2.45, 2.75) is 71.6 Å². The molecule has 0 aliphatic rings. The molecule has 4 unspecified atom stereocenters. The number of amides is 5. The Morgan fingerprint density at radius 1 is 0.758 bits per heavy atom. The van der Waals surface area contributed by atoms with E-state index in [9.17, 15) is 28.8 Å². The molecule has 33 heavy (non-hydrogen) atoms. The lowest BCUT2D eigenvalue weighted by Crippen LogP contribution is -2.59. The van der Waals surface area contributed by atoms with Gasteiger partial charge in [0.25, 0.3) is 0 Å². The molecular formula is C20H36N6O7. The van der Waals surface area contributed by atoms with Crippen molar-refractivity contribution in [3.8, 4) is 0 Å². The van der Waals surface area contributed by atoms with Crippen molar-refractivity contribution in [2.24, 2.45) is 23.3 Å². The standard InChI is InChI=1S/C20H36N6O7/c1-9(2)15(19(32)24-11(5)17(30)23-8-14(28)29)26-20(33)16(10(3)4)25-18(31)12(21)6-7-13(22)27/h9-12,15-16H,6-8,21H2,1-5H3,(H2,22,27)(H,23,30)(H,24,32)(H,25,31)(H,26,33)(H,28,29). The quantitative estimate of drug-likeness (QED) is 0.143. The molecule has 13 nitrogen and oxygen atoms in total. The number of hydrogen-bond donors (Lipinski definition) is 7. The fourth-order valence-electron chi connectivity index (χ4n) is 2.69. The van der Waals surface area contributed by atoms with Crippen LogP contribution in [0.25, 0.3) is 0 Å². The summed E-state index contributed by atoms with van der Waals surface area (Å²) in [5, 5.41) is 18.3. The lowest BCUT2D eigenvalue weighted by molar-refractivity contribution is -0.138. The van der Waals surface area contributed by atoms with Crippen LogP contribution in [0, 0.1) is 11.8 Å². The summed E-state index contributed by atoms with van der Waals surface area (Å²) in [6.45, 7) is 7.53. The predicted molar refractivity (Wildman–Crippen MR) is 118 cm³/mol. The Morgan fingerprint density at radius 3 is 1.64 bits per heavy atom. The number of rotatable bonds is 14. The Morgan fingerprint density at radius 2 is 1.21 bits per heavy atom. The Balaban J connectivity index is 5.18. The van der Waals surface area contributed by atoms with Gasteiger partial charge in [0.1, 0.15) is 24.7 Å². The molecule has 4 atom stereocenters. The van der Waals surface area contributed by atoms with Crippen LogP contribution in [-0.2, 0) is 28.8 Å². The molecule has 188 valence electrons. The SMILES string of the molecule is CC(NC(=O)C(NC(=O)C(NC(=O)C(N)CCC(N)=O)C(C)C)C(C)C)C(=O)NCC(=O)O. The van der Waals surface area contributed by atoms with Gasteiger partial charge >= 0.3 is 5.97 Å². The van der Waals surface area contributed by atoms with Crippen LogP contribution in [0.15, 0.2) is 0 Å². The minimum absolute atomic E-state index is 0.0203. The van der Waals surface area contributed by atoms with Gasteiger partial charge in [0.2, 0.25) is 29.5 Å². The first kappa shape index (κ1) is 29.8. The fourth-order valence-corrected chi connectivity index (χ4v) is 2.69. The maximum atomic E-state index is 12.9. The van der Waals surface area contributed by atoms with Crippen molar-refractivity contribution in [3.63, 3.8) is 0 Å². The van der Waals surface area contributed by atoms with E-state index in [1.807, 2.05) is 0 Å².